The molecule has 0 spiro atoms. The van der Waals surface area contributed by atoms with Gasteiger partial charge in [-0.1, -0.05) is 48.5 Å². The van der Waals surface area contributed by atoms with E-state index in [2.05, 4.69) is 29.6 Å². The minimum absolute atomic E-state index is 0.00831. The number of aliphatic hydroxyl groups excluding tert-OH is 1. The molecule has 3 rings (SSSR count). The molecule has 2 aromatic carbocycles. The van der Waals surface area contributed by atoms with Crippen molar-refractivity contribution >= 4 is 6.09 Å². The van der Waals surface area contributed by atoms with Crippen LogP contribution in [0.15, 0.2) is 48.5 Å². The molecule has 5 heteroatoms. The Morgan fingerprint density at radius 1 is 1.07 bits per heavy atom. The van der Waals surface area contributed by atoms with Crippen LogP contribution >= 0.6 is 0 Å². The third kappa shape index (κ3) is 4.54. The molecule has 5 nitrogen and oxygen atoms in total. The van der Waals surface area contributed by atoms with Gasteiger partial charge in [0, 0.05) is 5.92 Å². The summed E-state index contributed by atoms with van der Waals surface area (Å²) in [5, 5.41) is 12.4. The molecular weight excluding hydrogens is 354 g/mol. The predicted octanol–water partition coefficient (Wildman–Crippen LogP) is 4.09. The van der Waals surface area contributed by atoms with E-state index in [0.717, 1.165) is 0 Å². The number of carbonyl (C=O) groups is 1. The van der Waals surface area contributed by atoms with Crippen LogP contribution in [0.3, 0.4) is 0 Å². The fraction of sp³-hybridized carbons (Fsp3) is 0.435. The van der Waals surface area contributed by atoms with Crippen molar-refractivity contribution in [1.29, 1.82) is 0 Å². The highest BCUT2D eigenvalue weighted by Crippen LogP contribution is 2.44. The number of benzene rings is 2. The van der Waals surface area contributed by atoms with Crippen LogP contribution in [0.2, 0.25) is 0 Å². The van der Waals surface area contributed by atoms with Crippen molar-refractivity contribution in [2.24, 2.45) is 0 Å². The molecule has 2 atom stereocenters. The van der Waals surface area contributed by atoms with Crippen molar-refractivity contribution < 1.29 is 19.4 Å². The summed E-state index contributed by atoms with van der Waals surface area (Å²) in [5.41, 5.74) is 4.34. The van der Waals surface area contributed by atoms with Crippen LogP contribution in [0.4, 0.5) is 4.79 Å². The molecular formula is C23H29NO4. The van der Waals surface area contributed by atoms with Gasteiger partial charge in [-0.25, -0.2) is 4.79 Å². The van der Waals surface area contributed by atoms with Crippen LogP contribution in [0.1, 0.15) is 44.7 Å². The van der Waals surface area contributed by atoms with E-state index in [0.29, 0.717) is 0 Å². The molecule has 0 bridgehead atoms. The van der Waals surface area contributed by atoms with Gasteiger partial charge in [0.2, 0.25) is 0 Å². The minimum Gasteiger partial charge on any atom is -0.449 e. The molecule has 0 aliphatic heterocycles. The average Bonchev–Trinajstić information content (AvgIpc) is 2.97. The van der Waals surface area contributed by atoms with Crippen molar-refractivity contribution in [3.8, 4) is 11.1 Å². The maximum absolute atomic E-state index is 12.4. The van der Waals surface area contributed by atoms with Crippen LogP contribution in [-0.4, -0.2) is 42.2 Å². The number of fused-ring (bicyclic) bond motifs is 3. The Morgan fingerprint density at radius 3 is 2.11 bits per heavy atom. The molecule has 0 radical (unpaired) electrons. The number of rotatable bonds is 6. The zero-order chi connectivity index (χ0) is 20.3. The SMILES string of the molecule is C[C@H](OC(C)(C)C)[C@@H](CO)NC(=O)OCC1c2ccccc2-c2ccccc21. The molecule has 0 aromatic heterocycles. The Hall–Kier alpha value is -2.37. The summed E-state index contributed by atoms with van der Waals surface area (Å²) in [6.07, 6.45) is -0.893. The van der Waals surface area contributed by atoms with Crippen LogP contribution in [-0.2, 0) is 9.47 Å². The molecule has 1 aliphatic rings. The second-order valence-corrected chi connectivity index (χ2v) is 8.19. The second-order valence-electron chi connectivity index (χ2n) is 8.19. The minimum atomic E-state index is -0.551. The van der Waals surface area contributed by atoms with Crippen molar-refractivity contribution in [3.63, 3.8) is 0 Å². The molecule has 2 aromatic rings. The van der Waals surface area contributed by atoms with E-state index in [1.165, 1.54) is 22.3 Å². The van der Waals surface area contributed by atoms with Crippen LogP contribution in [0.25, 0.3) is 11.1 Å². The predicted molar refractivity (Wildman–Crippen MR) is 109 cm³/mol. The van der Waals surface area contributed by atoms with Crippen molar-refractivity contribution in [1.82, 2.24) is 5.32 Å². The Morgan fingerprint density at radius 2 is 1.61 bits per heavy atom. The first-order valence-electron chi connectivity index (χ1n) is 9.70. The highest BCUT2D eigenvalue weighted by atomic mass is 16.6. The molecule has 150 valence electrons. The Balaban J connectivity index is 1.65. The highest BCUT2D eigenvalue weighted by Gasteiger charge is 2.30. The van der Waals surface area contributed by atoms with E-state index in [-0.39, 0.29) is 30.8 Å². The summed E-state index contributed by atoms with van der Waals surface area (Å²) >= 11 is 0. The summed E-state index contributed by atoms with van der Waals surface area (Å²) in [6, 6.07) is 15.9. The van der Waals surface area contributed by atoms with Crippen molar-refractivity contribution in [2.75, 3.05) is 13.2 Å². The largest absolute Gasteiger partial charge is 0.449 e. The molecule has 0 saturated carbocycles. The lowest BCUT2D eigenvalue weighted by molar-refractivity contribution is -0.0721. The number of nitrogens with one attached hydrogen (secondary N) is 1. The van der Waals surface area contributed by atoms with Gasteiger partial charge < -0.3 is 19.9 Å². The van der Waals surface area contributed by atoms with Gasteiger partial charge in [0.25, 0.3) is 0 Å². The number of hydrogen-bond acceptors (Lipinski definition) is 4. The maximum Gasteiger partial charge on any atom is 0.407 e. The van der Waals surface area contributed by atoms with Gasteiger partial charge in [0.15, 0.2) is 0 Å². The van der Waals surface area contributed by atoms with Gasteiger partial charge >= 0.3 is 6.09 Å². The van der Waals surface area contributed by atoms with Crippen molar-refractivity contribution in [3.05, 3.63) is 59.7 Å². The van der Waals surface area contributed by atoms with Crippen LogP contribution < -0.4 is 5.32 Å². The van der Waals surface area contributed by atoms with E-state index in [4.69, 9.17) is 9.47 Å². The molecule has 0 fully saturated rings. The van der Waals surface area contributed by atoms with Gasteiger partial charge in [0.1, 0.15) is 6.61 Å². The number of ether oxygens (including phenoxy) is 2. The first-order valence-corrected chi connectivity index (χ1v) is 9.70. The summed E-state index contributed by atoms with van der Waals surface area (Å²) in [7, 11) is 0. The molecule has 0 saturated heterocycles. The Kier molecular flexibility index (Phi) is 6.06. The fourth-order valence-electron chi connectivity index (χ4n) is 3.74. The average molecular weight is 383 g/mol. The van der Waals surface area contributed by atoms with Crippen LogP contribution in [0.5, 0.6) is 0 Å². The Bertz CT molecular complexity index is 782. The molecule has 1 amide bonds. The summed E-state index contributed by atoms with van der Waals surface area (Å²) in [6.45, 7) is 7.66. The molecule has 0 heterocycles. The molecule has 2 N–H and O–H groups in total. The van der Waals surface area contributed by atoms with Gasteiger partial charge in [-0.05, 0) is 49.9 Å². The lowest BCUT2D eigenvalue weighted by Crippen LogP contribution is -2.48. The summed E-state index contributed by atoms with van der Waals surface area (Å²) in [5.74, 6) is 0.00831. The first-order chi connectivity index (χ1) is 13.3. The molecule has 0 unspecified atom stereocenters. The number of aliphatic hydroxyl groups is 1. The highest BCUT2D eigenvalue weighted by molar-refractivity contribution is 5.79. The fourth-order valence-corrected chi connectivity index (χ4v) is 3.74. The van der Waals surface area contributed by atoms with Crippen molar-refractivity contribution in [2.45, 2.75) is 51.4 Å². The third-order valence-corrected chi connectivity index (χ3v) is 4.95. The lowest BCUT2D eigenvalue weighted by Gasteiger charge is -2.30. The Labute approximate surface area is 166 Å². The first kappa shape index (κ1) is 20.4. The lowest BCUT2D eigenvalue weighted by atomic mass is 9.98. The number of hydrogen-bond donors (Lipinski definition) is 2. The normalized spacial score (nSPS) is 15.5. The maximum atomic E-state index is 12.4. The topological polar surface area (TPSA) is 67.8 Å². The van der Waals surface area contributed by atoms with Gasteiger partial charge in [-0.15, -0.1) is 0 Å². The van der Waals surface area contributed by atoms with Gasteiger partial charge in [0.05, 0.1) is 24.4 Å². The van der Waals surface area contributed by atoms with Gasteiger partial charge in [-0.3, -0.25) is 0 Å². The smallest absolute Gasteiger partial charge is 0.407 e. The quantitative estimate of drug-likeness (QED) is 0.788. The number of amides is 1. The molecule has 28 heavy (non-hydrogen) atoms. The van der Waals surface area contributed by atoms with E-state index in [1.807, 2.05) is 52.0 Å². The second kappa shape index (κ2) is 8.33. The monoisotopic (exact) mass is 383 g/mol. The summed E-state index contributed by atoms with van der Waals surface area (Å²) in [4.78, 5) is 12.4. The standard InChI is InChI=1S/C23H29NO4/c1-15(28-23(2,3)4)21(13-25)24-22(26)27-14-20-18-11-7-5-9-16(18)17-10-6-8-12-19(17)20/h5-12,15,20-21,25H,13-14H2,1-4H3,(H,24,26)/t15-,21+/m0/s1. The zero-order valence-electron chi connectivity index (χ0n) is 16.9. The van der Waals surface area contributed by atoms with E-state index < -0.39 is 12.1 Å². The number of alkyl carbamates (subject to hydrolysis) is 1. The van der Waals surface area contributed by atoms with E-state index in [1.54, 1.807) is 0 Å². The number of carbonyl (C=O) groups excluding carboxylic acids is 1. The van der Waals surface area contributed by atoms with E-state index in [9.17, 15) is 9.90 Å². The zero-order valence-corrected chi connectivity index (χ0v) is 16.9. The van der Waals surface area contributed by atoms with Gasteiger partial charge in [-0.2, -0.15) is 0 Å². The summed E-state index contributed by atoms with van der Waals surface area (Å²) < 4.78 is 11.4. The van der Waals surface area contributed by atoms with E-state index >= 15 is 0 Å². The van der Waals surface area contributed by atoms with Crippen LogP contribution in [0, 0.1) is 0 Å². The third-order valence-electron chi connectivity index (χ3n) is 4.95. The molecule has 1 aliphatic carbocycles.